The highest BCUT2D eigenvalue weighted by molar-refractivity contribution is 6.16. The summed E-state index contributed by atoms with van der Waals surface area (Å²) in [5, 5.41) is 0. The van der Waals surface area contributed by atoms with E-state index in [0.29, 0.717) is 23.9 Å². The first kappa shape index (κ1) is 23.0. The van der Waals surface area contributed by atoms with Gasteiger partial charge in [-0.25, -0.2) is 9.78 Å². The molecule has 0 aliphatic rings. The van der Waals surface area contributed by atoms with Crippen LogP contribution in [-0.4, -0.2) is 24.7 Å². The number of carbonyl (C=O) groups excluding carboxylic acids is 1. The number of nitrogens with zero attached hydrogens (tertiary/aromatic N) is 1. The Bertz CT molecular complexity index is 762. The Morgan fingerprint density at radius 1 is 1.00 bits per heavy atom. The fourth-order valence-corrected chi connectivity index (χ4v) is 3.15. The van der Waals surface area contributed by atoms with Crippen LogP contribution in [0.25, 0.3) is 6.08 Å². The summed E-state index contributed by atoms with van der Waals surface area (Å²) in [5.74, 6) is 0.534. The minimum absolute atomic E-state index is 0.309. The summed E-state index contributed by atoms with van der Waals surface area (Å²) in [7, 11) is 1.34. The molecule has 0 spiro atoms. The highest BCUT2D eigenvalue weighted by Gasteiger charge is 2.06. The number of hydrogen-bond acceptors (Lipinski definition) is 4. The Morgan fingerprint density at radius 3 is 2.45 bits per heavy atom. The number of benzene rings is 1. The Hall–Kier alpha value is -2.33. The van der Waals surface area contributed by atoms with Crippen LogP contribution < -0.4 is 4.74 Å². The monoisotopic (exact) mass is 415 g/mol. The summed E-state index contributed by atoms with van der Waals surface area (Å²) in [6, 6.07) is 14.3. The number of alkyl halides is 1. The molecule has 2 rings (SSSR count). The van der Waals surface area contributed by atoms with E-state index in [9.17, 15) is 4.79 Å². The molecule has 4 nitrogen and oxygen atoms in total. The van der Waals surface area contributed by atoms with Crippen LogP contribution >= 0.6 is 11.6 Å². The van der Waals surface area contributed by atoms with E-state index in [1.165, 1.54) is 44.4 Å². The van der Waals surface area contributed by atoms with Crippen molar-refractivity contribution in [3.8, 4) is 5.75 Å². The van der Waals surface area contributed by atoms with E-state index >= 15 is 0 Å². The van der Waals surface area contributed by atoms with Crippen LogP contribution in [0, 0.1) is 0 Å². The molecule has 29 heavy (non-hydrogen) atoms. The van der Waals surface area contributed by atoms with Crippen molar-refractivity contribution >= 4 is 23.6 Å². The van der Waals surface area contributed by atoms with E-state index in [4.69, 9.17) is 16.3 Å². The van der Waals surface area contributed by atoms with E-state index in [1.54, 1.807) is 6.08 Å². The summed E-state index contributed by atoms with van der Waals surface area (Å²) in [5.41, 5.74) is 2.75. The number of pyridine rings is 1. The van der Waals surface area contributed by atoms with Gasteiger partial charge >= 0.3 is 5.97 Å². The zero-order valence-corrected chi connectivity index (χ0v) is 17.9. The quantitative estimate of drug-likeness (QED) is 0.175. The number of esters is 1. The van der Waals surface area contributed by atoms with E-state index in [2.05, 4.69) is 40.1 Å². The van der Waals surface area contributed by atoms with Gasteiger partial charge in [0, 0.05) is 6.08 Å². The fraction of sp³-hybridized carbons (Fsp3) is 0.417. The molecule has 0 unspecified atom stereocenters. The first-order chi connectivity index (χ1) is 14.2. The van der Waals surface area contributed by atoms with Gasteiger partial charge in [0.2, 0.25) is 0 Å². The second kappa shape index (κ2) is 13.8. The Labute approximate surface area is 178 Å². The molecule has 156 valence electrons. The van der Waals surface area contributed by atoms with Crippen LogP contribution in [-0.2, 0) is 21.8 Å². The van der Waals surface area contributed by atoms with E-state index in [1.807, 2.05) is 12.1 Å². The van der Waals surface area contributed by atoms with Crippen molar-refractivity contribution in [1.82, 2.24) is 4.98 Å². The van der Waals surface area contributed by atoms with Gasteiger partial charge in [0.15, 0.2) is 0 Å². The standard InChI is InChI=1S/C24H30ClNO3/c1-28-24(27)17-15-22-23(16-14-21(19-25)26-22)29-18-10-5-3-2-4-7-11-20-12-8-6-9-13-20/h6,8-9,12-17H,2-5,7,10-11,18-19H2,1H3/b17-15+. The van der Waals surface area contributed by atoms with Crippen LogP contribution in [0.1, 0.15) is 55.5 Å². The average Bonchev–Trinajstić information content (AvgIpc) is 2.77. The van der Waals surface area contributed by atoms with E-state index < -0.39 is 5.97 Å². The van der Waals surface area contributed by atoms with Gasteiger partial charge in [0.25, 0.3) is 0 Å². The average molecular weight is 416 g/mol. The van der Waals surface area contributed by atoms with Crippen LogP contribution in [0.15, 0.2) is 48.5 Å². The number of unbranched alkanes of at least 4 members (excludes halogenated alkanes) is 5. The molecule has 0 fully saturated rings. The van der Waals surface area contributed by atoms with Crippen molar-refractivity contribution in [2.24, 2.45) is 0 Å². The highest BCUT2D eigenvalue weighted by Crippen LogP contribution is 2.20. The molecule has 0 saturated carbocycles. The summed E-state index contributed by atoms with van der Waals surface area (Å²) in [6.45, 7) is 0.630. The zero-order chi connectivity index (χ0) is 20.7. The zero-order valence-electron chi connectivity index (χ0n) is 17.1. The van der Waals surface area contributed by atoms with Gasteiger partial charge < -0.3 is 9.47 Å². The van der Waals surface area contributed by atoms with Gasteiger partial charge in [-0.15, -0.1) is 11.6 Å². The van der Waals surface area contributed by atoms with Crippen LogP contribution in [0.3, 0.4) is 0 Å². The molecule has 2 aromatic rings. The maximum absolute atomic E-state index is 11.3. The highest BCUT2D eigenvalue weighted by atomic mass is 35.5. The molecule has 0 aliphatic heterocycles. The number of ether oxygens (including phenoxy) is 2. The summed E-state index contributed by atoms with van der Waals surface area (Å²) in [4.78, 5) is 15.8. The van der Waals surface area contributed by atoms with E-state index in [-0.39, 0.29) is 0 Å². The molecule has 1 aromatic heterocycles. The summed E-state index contributed by atoms with van der Waals surface area (Å²) < 4.78 is 10.5. The lowest BCUT2D eigenvalue weighted by Crippen LogP contribution is -2.02. The first-order valence-corrected chi connectivity index (χ1v) is 10.7. The fourth-order valence-electron chi connectivity index (χ4n) is 3.00. The van der Waals surface area contributed by atoms with Crippen molar-refractivity contribution in [2.45, 2.75) is 50.8 Å². The number of aryl methyl sites for hydroxylation is 1. The van der Waals surface area contributed by atoms with Gasteiger partial charge in [-0.05, 0) is 43.0 Å². The van der Waals surface area contributed by atoms with Gasteiger partial charge in [0.05, 0.1) is 25.3 Å². The number of carbonyl (C=O) groups is 1. The van der Waals surface area contributed by atoms with Crippen molar-refractivity contribution < 1.29 is 14.3 Å². The number of rotatable bonds is 13. The maximum atomic E-state index is 11.3. The van der Waals surface area contributed by atoms with Gasteiger partial charge in [-0.3, -0.25) is 0 Å². The van der Waals surface area contributed by atoms with Crippen LogP contribution in [0.5, 0.6) is 5.75 Å². The molecule has 1 heterocycles. The SMILES string of the molecule is COC(=O)/C=C/c1nc(CCl)ccc1OCCCCCCCCc1ccccc1. The molecule has 5 heteroatoms. The normalized spacial score (nSPS) is 11.0. The molecule has 0 atom stereocenters. The second-order valence-corrected chi connectivity index (χ2v) is 7.15. The number of aromatic nitrogens is 1. The summed E-state index contributed by atoms with van der Waals surface area (Å²) in [6.07, 6.45) is 11.2. The lowest BCUT2D eigenvalue weighted by molar-refractivity contribution is -0.134. The Balaban J connectivity index is 1.65. The van der Waals surface area contributed by atoms with Crippen molar-refractivity contribution in [3.05, 3.63) is 65.5 Å². The minimum Gasteiger partial charge on any atom is -0.491 e. The third kappa shape index (κ3) is 9.14. The lowest BCUT2D eigenvalue weighted by Gasteiger charge is -2.10. The minimum atomic E-state index is -0.429. The maximum Gasteiger partial charge on any atom is 0.330 e. The largest absolute Gasteiger partial charge is 0.491 e. The van der Waals surface area contributed by atoms with Crippen molar-refractivity contribution in [1.29, 1.82) is 0 Å². The molecule has 0 aliphatic carbocycles. The number of halogens is 1. The first-order valence-electron chi connectivity index (χ1n) is 10.2. The number of methoxy groups -OCH3 is 1. The predicted octanol–water partition coefficient (Wildman–Crippen LogP) is 5.97. The molecule has 0 amide bonds. The molecular formula is C24H30ClNO3. The third-order valence-corrected chi connectivity index (χ3v) is 4.89. The molecule has 0 radical (unpaired) electrons. The molecule has 0 saturated heterocycles. The smallest absolute Gasteiger partial charge is 0.330 e. The molecule has 0 bridgehead atoms. The molecule has 0 N–H and O–H groups in total. The number of hydrogen-bond donors (Lipinski definition) is 0. The third-order valence-electron chi connectivity index (χ3n) is 4.62. The Morgan fingerprint density at radius 2 is 1.72 bits per heavy atom. The Kier molecular flexibility index (Phi) is 10.9. The van der Waals surface area contributed by atoms with Gasteiger partial charge in [0.1, 0.15) is 11.4 Å². The van der Waals surface area contributed by atoms with Crippen molar-refractivity contribution in [3.63, 3.8) is 0 Å². The van der Waals surface area contributed by atoms with Gasteiger partial charge in [-0.2, -0.15) is 0 Å². The molecular weight excluding hydrogens is 386 g/mol. The lowest BCUT2D eigenvalue weighted by atomic mass is 10.1. The van der Waals surface area contributed by atoms with E-state index in [0.717, 1.165) is 25.0 Å². The van der Waals surface area contributed by atoms with Crippen LogP contribution in [0.4, 0.5) is 0 Å². The molecule has 1 aromatic carbocycles. The second-order valence-electron chi connectivity index (χ2n) is 6.88. The van der Waals surface area contributed by atoms with Crippen molar-refractivity contribution in [2.75, 3.05) is 13.7 Å². The summed E-state index contributed by atoms with van der Waals surface area (Å²) >= 11 is 5.85. The topological polar surface area (TPSA) is 48.4 Å². The predicted molar refractivity (Wildman–Crippen MR) is 118 cm³/mol. The van der Waals surface area contributed by atoms with Gasteiger partial charge in [-0.1, -0.05) is 56.0 Å². The van der Waals surface area contributed by atoms with Crippen LogP contribution in [0.2, 0.25) is 0 Å².